The smallest absolute Gasteiger partial charge is 0.319 e. The molecule has 0 bridgehead atoms. The summed E-state index contributed by atoms with van der Waals surface area (Å²) in [7, 11) is 4.06. The second kappa shape index (κ2) is 10.4. The predicted octanol–water partition coefficient (Wildman–Crippen LogP) is 3.15. The van der Waals surface area contributed by atoms with E-state index < -0.39 is 0 Å². The maximum atomic E-state index is 12.0. The molecule has 10 nitrogen and oxygen atoms in total. The van der Waals surface area contributed by atoms with Crippen molar-refractivity contribution in [2.45, 2.75) is 26.2 Å². The van der Waals surface area contributed by atoms with E-state index in [0.717, 1.165) is 74.0 Å². The predicted molar refractivity (Wildman–Crippen MR) is 146 cm³/mol. The summed E-state index contributed by atoms with van der Waals surface area (Å²) in [4.78, 5) is 27.6. The summed E-state index contributed by atoms with van der Waals surface area (Å²) < 4.78 is 6.05. The number of nitriles is 1. The van der Waals surface area contributed by atoms with E-state index in [2.05, 4.69) is 32.6 Å². The van der Waals surface area contributed by atoms with E-state index >= 15 is 0 Å². The fourth-order valence-electron chi connectivity index (χ4n) is 5.55. The molecule has 2 aliphatic rings. The fraction of sp³-hybridized carbons (Fsp3) is 0.464. The Kier molecular flexibility index (Phi) is 7.04. The van der Waals surface area contributed by atoms with Crippen LogP contribution < -0.4 is 9.64 Å². The van der Waals surface area contributed by atoms with Gasteiger partial charge in [0.15, 0.2) is 5.82 Å². The average Bonchev–Trinajstić information content (AvgIpc) is 3.37. The molecule has 2 fully saturated rings. The molecule has 0 radical (unpaired) electrons. The molecule has 10 heteroatoms. The molecule has 1 amide bonds. The van der Waals surface area contributed by atoms with Crippen molar-refractivity contribution in [3.05, 3.63) is 42.1 Å². The number of rotatable bonds is 8. The standard InChI is InChI=1S/C28H34N8O2/c1-5-23(37)36-17-28(18-36)9-12-35(13-10-28)26-20(15-29)25(31-27(32-26)38-14-6-11-34(3)4)24-19(2)7-8-22-21(24)16-30-33-22/h5,7-8,16H,1,6,9-14,17-18H2,2-4H3,(H,30,33). The SMILES string of the molecule is C=CC(=O)N1CC2(CCN(c3nc(OCCCN(C)C)nc(-c4c(C)ccc5[nH]ncc45)c3C#N)CC2)C1. The topological polar surface area (TPSA) is 114 Å². The number of carbonyl (C=O) groups is 1. The molecule has 4 heterocycles. The number of aromatic amines is 1. The van der Waals surface area contributed by atoms with Gasteiger partial charge in [-0.2, -0.15) is 20.3 Å². The van der Waals surface area contributed by atoms with Gasteiger partial charge in [-0.3, -0.25) is 9.89 Å². The van der Waals surface area contributed by atoms with E-state index in [0.29, 0.717) is 23.7 Å². The first-order valence-electron chi connectivity index (χ1n) is 13.0. The first-order valence-corrected chi connectivity index (χ1v) is 13.0. The highest BCUT2D eigenvalue weighted by atomic mass is 16.5. The van der Waals surface area contributed by atoms with Crippen molar-refractivity contribution in [3.63, 3.8) is 0 Å². The van der Waals surface area contributed by atoms with Gasteiger partial charge in [0.2, 0.25) is 5.91 Å². The molecular weight excluding hydrogens is 480 g/mol. The third kappa shape index (κ3) is 4.82. The molecule has 2 saturated heterocycles. The van der Waals surface area contributed by atoms with Gasteiger partial charge in [-0.25, -0.2) is 0 Å². The van der Waals surface area contributed by atoms with Crippen LogP contribution in [0.3, 0.4) is 0 Å². The number of nitrogens with zero attached hydrogens (tertiary/aromatic N) is 7. The summed E-state index contributed by atoms with van der Waals surface area (Å²) in [6, 6.07) is 6.68. The molecule has 0 unspecified atom stereocenters. The molecule has 5 rings (SSSR count). The van der Waals surface area contributed by atoms with Crippen LogP contribution in [0, 0.1) is 23.7 Å². The van der Waals surface area contributed by atoms with Crippen LogP contribution in [0.5, 0.6) is 6.01 Å². The molecule has 0 atom stereocenters. The lowest BCUT2D eigenvalue weighted by atomic mass is 9.72. The molecule has 3 aromatic rings. The number of amides is 1. The summed E-state index contributed by atoms with van der Waals surface area (Å²) in [6.07, 6.45) is 5.84. The molecule has 2 aliphatic heterocycles. The van der Waals surface area contributed by atoms with Crippen molar-refractivity contribution in [1.82, 2.24) is 30.0 Å². The quantitative estimate of drug-likeness (QED) is 0.360. The number of aromatic nitrogens is 4. The molecule has 2 aromatic heterocycles. The zero-order valence-electron chi connectivity index (χ0n) is 22.3. The van der Waals surface area contributed by atoms with E-state index in [1.165, 1.54) is 6.08 Å². The van der Waals surface area contributed by atoms with Gasteiger partial charge in [0.25, 0.3) is 0 Å². The number of carbonyl (C=O) groups excluding carboxylic acids is 1. The Labute approximate surface area is 222 Å². The third-order valence-electron chi connectivity index (χ3n) is 7.69. The Morgan fingerprint density at radius 2 is 2.05 bits per heavy atom. The molecule has 0 saturated carbocycles. The van der Waals surface area contributed by atoms with Crippen molar-refractivity contribution < 1.29 is 9.53 Å². The first-order chi connectivity index (χ1) is 18.3. The summed E-state index contributed by atoms with van der Waals surface area (Å²) in [5, 5.41) is 18.5. The van der Waals surface area contributed by atoms with Crippen molar-refractivity contribution in [1.29, 1.82) is 5.26 Å². The van der Waals surface area contributed by atoms with Crippen LogP contribution >= 0.6 is 0 Å². The van der Waals surface area contributed by atoms with Crippen molar-refractivity contribution in [2.75, 3.05) is 58.3 Å². The average molecular weight is 515 g/mol. The number of H-pyrrole nitrogens is 1. The normalized spacial score (nSPS) is 16.5. The van der Waals surface area contributed by atoms with Gasteiger partial charge in [0, 0.05) is 49.1 Å². The van der Waals surface area contributed by atoms with Gasteiger partial charge >= 0.3 is 6.01 Å². The van der Waals surface area contributed by atoms with Gasteiger partial charge in [0.1, 0.15) is 11.6 Å². The Hall–Kier alpha value is -3.97. The fourth-order valence-corrected chi connectivity index (χ4v) is 5.55. The van der Waals surface area contributed by atoms with Gasteiger partial charge in [-0.15, -0.1) is 0 Å². The number of likely N-dealkylation sites (tertiary alicyclic amines) is 1. The number of hydrogen-bond acceptors (Lipinski definition) is 8. The van der Waals surface area contributed by atoms with Crippen LogP contribution in [0.2, 0.25) is 0 Å². The monoisotopic (exact) mass is 514 g/mol. The summed E-state index contributed by atoms with van der Waals surface area (Å²) in [5.74, 6) is 0.596. The molecular formula is C28H34N8O2. The van der Waals surface area contributed by atoms with Gasteiger partial charge in [-0.05, 0) is 58.0 Å². The molecule has 0 aliphatic carbocycles. The van der Waals surface area contributed by atoms with Crippen molar-refractivity contribution in [3.8, 4) is 23.3 Å². The number of anilines is 1. The van der Waals surface area contributed by atoms with Crippen LogP contribution in [0.15, 0.2) is 31.0 Å². The summed E-state index contributed by atoms with van der Waals surface area (Å²) >= 11 is 0. The maximum Gasteiger partial charge on any atom is 0.319 e. The highest BCUT2D eigenvalue weighted by Gasteiger charge is 2.46. The van der Waals surface area contributed by atoms with Crippen LogP contribution in [0.25, 0.3) is 22.2 Å². The second-order valence-corrected chi connectivity index (χ2v) is 10.6. The molecule has 1 spiro atoms. The zero-order valence-corrected chi connectivity index (χ0v) is 22.3. The van der Waals surface area contributed by atoms with E-state index in [1.54, 1.807) is 6.20 Å². The summed E-state index contributed by atoms with van der Waals surface area (Å²) in [6.45, 7) is 10.00. The zero-order chi connectivity index (χ0) is 26.9. The molecule has 1 N–H and O–H groups in total. The largest absolute Gasteiger partial charge is 0.463 e. The number of hydrogen-bond donors (Lipinski definition) is 1. The minimum atomic E-state index is -0.00915. The van der Waals surface area contributed by atoms with Crippen LogP contribution in [0.4, 0.5) is 5.82 Å². The van der Waals surface area contributed by atoms with Crippen LogP contribution in [-0.4, -0.2) is 89.3 Å². The lowest BCUT2D eigenvalue weighted by molar-refractivity contribution is -0.139. The Morgan fingerprint density at radius 1 is 1.29 bits per heavy atom. The van der Waals surface area contributed by atoms with Crippen molar-refractivity contribution >= 4 is 22.6 Å². The maximum absolute atomic E-state index is 12.0. The molecule has 1 aromatic carbocycles. The van der Waals surface area contributed by atoms with E-state index in [1.807, 2.05) is 38.1 Å². The minimum Gasteiger partial charge on any atom is -0.463 e. The number of nitrogens with one attached hydrogen (secondary N) is 1. The van der Waals surface area contributed by atoms with Crippen LogP contribution in [0.1, 0.15) is 30.4 Å². The molecule has 198 valence electrons. The Balaban J connectivity index is 1.48. The Morgan fingerprint density at radius 3 is 2.74 bits per heavy atom. The number of aryl methyl sites for hydroxylation is 1. The highest BCUT2D eigenvalue weighted by molar-refractivity contribution is 5.97. The van der Waals surface area contributed by atoms with E-state index in [-0.39, 0.29) is 17.3 Å². The third-order valence-corrected chi connectivity index (χ3v) is 7.69. The highest BCUT2D eigenvalue weighted by Crippen LogP contribution is 2.43. The number of piperidine rings is 1. The molecule has 38 heavy (non-hydrogen) atoms. The van der Waals surface area contributed by atoms with E-state index in [4.69, 9.17) is 14.7 Å². The van der Waals surface area contributed by atoms with Gasteiger partial charge in [-0.1, -0.05) is 12.6 Å². The van der Waals surface area contributed by atoms with Gasteiger partial charge in [0.05, 0.1) is 24.0 Å². The lowest BCUT2D eigenvalue weighted by Crippen LogP contribution is -2.61. The van der Waals surface area contributed by atoms with Crippen molar-refractivity contribution in [2.24, 2.45) is 5.41 Å². The lowest BCUT2D eigenvalue weighted by Gasteiger charge is -2.53. The number of benzene rings is 1. The van der Waals surface area contributed by atoms with Gasteiger partial charge < -0.3 is 19.4 Å². The summed E-state index contributed by atoms with van der Waals surface area (Å²) in [5.41, 5.74) is 3.87. The second-order valence-electron chi connectivity index (χ2n) is 10.6. The number of fused-ring (bicyclic) bond motifs is 1. The van der Waals surface area contributed by atoms with E-state index in [9.17, 15) is 10.1 Å². The minimum absolute atomic E-state index is 0.00915. The first kappa shape index (κ1) is 25.7. The number of ether oxygens (including phenoxy) is 1. The van der Waals surface area contributed by atoms with Crippen LogP contribution in [-0.2, 0) is 4.79 Å². The Bertz CT molecular complexity index is 1390.